The van der Waals surface area contributed by atoms with Gasteiger partial charge in [-0.1, -0.05) is 40.5 Å². The van der Waals surface area contributed by atoms with Crippen LogP contribution in [0, 0.1) is 0 Å². The minimum Gasteiger partial charge on any atom is -0.476 e. The second-order valence-corrected chi connectivity index (χ2v) is 5.56. The number of benzene rings is 1. The van der Waals surface area contributed by atoms with Crippen LogP contribution in [-0.2, 0) is 6.54 Å². The van der Waals surface area contributed by atoms with Gasteiger partial charge in [-0.15, -0.1) is 5.10 Å². The molecule has 1 aliphatic carbocycles. The summed E-state index contributed by atoms with van der Waals surface area (Å²) in [6.45, 7) is 0.367. The molecule has 0 radical (unpaired) electrons. The zero-order valence-corrected chi connectivity index (χ0v) is 11.9. The lowest BCUT2D eigenvalue weighted by Crippen LogP contribution is -2.09. The molecule has 0 bridgehead atoms. The van der Waals surface area contributed by atoms with E-state index in [2.05, 4.69) is 10.3 Å². The lowest BCUT2D eigenvalue weighted by Gasteiger charge is -2.08. The first-order valence-corrected chi connectivity index (χ1v) is 6.93. The molecule has 1 aromatic carbocycles. The van der Waals surface area contributed by atoms with Crippen LogP contribution in [0.15, 0.2) is 18.2 Å². The molecular weight excluding hydrogens is 301 g/mol. The highest BCUT2D eigenvalue weighted by Crippen LogP contribution is 2.41. The third kappa shape index (κ3) is 2.39. The Hall–Kier alpha value is -1.59. The molecule has 1 aliphatic rings. The van der Waals surface area contributed by atoms with Crippen LogP contribution >= 0.6 is 23.2 Å². The van der Waals surface area contributed by atoms with E-state index in [1.54, 1.807) is 16.8 Å². The highest BCUT2D eigenvalue weighted by Gasteiger charge is 2.33. The largest absolute Gasteiger partial charge is 0.476 e. The minimum absolute atomic E-state index is 0.0330. The van der Waals surface area contributed by atoms with Crippen molar-refractivity contribution in [2.75, 3.05) is 0 Å². The van der Waals surface area contributed by atoms with Crippen molar-refractivity contribution in [3.05, 3.63) is 45.2 Å². The normalized spacial score (nSPS) is 14.5. The molecule has 1 saturated carbocycles. The topological polar surface area (TPSA) is 68.0 Å². The number of carboxylic acid groups (broad SMARTS) is 1. The Morgan fingerprint density at radius 3 is 2.80 bits per heavy atom. The van der Waals surface area contributed by atoms with Crippen molar-refractivity contribution in [2.45, 2.75) is 25.3 Å². The van der Waals surface area contributed by atoms with Crippen molar-refractivity contribution >= 4 is 29.2 Å². The summed E-state index contributed by atoms with van der Waals surface area (Å²) in [6.07, 6.45) is 1.94. The summed E-state index contributed by atoms with van der Waals surface area (Å²) in [4.78, 5) is 11.2. The summed E-state index contributed by atoms with van der Waals surface area (Å²) < 4.78 is 1.61. The number of nitrogens with zero attached hydrogens (tertiary/aromatic N) is 3. The Kier molecular flexibility index (Phi) is 3.40. The molecule has 1 N–H and O–H groups in total. The molecule has 0 aliphatic heterocycles. The number of carboxylic acids is 1. The molecule has 1 heterocycles. The summed E-state index contributed by atoms with van der Waals surface area (Å²) in [5.74, 6) is -0.815. The van der Waals surface area contributed by atoms with Crippen LogP contribution in [0.25, 0.3) is 0 Å². The molecule has 0 saturated heterocycles. The van der Waals surface area contributed by atoms with Gasteiger partial charge in [-0.3, -0.25) is 0 Å². The average Bonchev–Trinajstić information content (AvgIpc) is 3.16. The van der Waals surface area contributed by atoms with Gasteiger partial charge in [0.1, 0.15) is 0 Å². The van der Waals surface area contributed by atoms with Crippen LogP contribution in [0.2, 0.25) is 10.0 Å². The fraction of sp³-hybridized carbons (Fsp3) is 0.308. The summed E-state index contributed by atoms with van der Waals surface area (Å²) in [7, 11) is 0. The first-order valence-electron chi connectivity index (χ1n) is 6.17. The first kappa shape index (κ1) is 13.4. The molecule has 3 rings (SSSR count). The number of aromatic carboxylic acids is 1. The summed E-state index contributed by atoms with van der Waals surface area (Å²) in [5.41, 5.74) is 1.50. The Balaban J connectivity index is 1.99. The summed E-state index contributed by atoms with van der Waals surface area (Å²) >= 11 is 12.1. The van der Waals surface area contributed by atoms with E-state index in [0.717, 1.165) is 18.4 Å². The second-order valence-electron chi connectivity index (χ2n) is 4.77. The van der Waals surface area contributed by atoms with Gasteiger partial charge >= 0.3 is 5.97 Å². The van der Waals surface area contributed by atoms with Gasteiger partial charge in [-0.2, -0.15) is 0 Å². The van der Waals surface area contributed by atoms with E-state index < -0.39 is 5.97 Å². The number of hydrogen-bond acceptors (Lipinski definition) is 3. The first-order chi connectivity index (χ1) is 9.58. The average molecular weight is 312 g/mol. The van der Waals surface area contributed by atoms with Crippen molar-refractivity contribution in [2.24, 2.45) is 0 Å². The predicted molar refractivity (Wildman–Crippen MR) is 74.5 cm³/mol. The molecule has 2 aromatic rings. The highest BCUT2D eigenvalue weighted by molar-refractivity contribution is 6.42. The van der Waals surface area contributed by atoms with E-state index in [-0.39, 0.29) is 11.6 Å². The van der Waals surface area contributed by atoms with Gasteiger partial charge in [0.25, 0.3) is 0 Å². The quantitative estimate of drug-likeness (QED) is 0.941. The van der Waals surface area contributed by atoms with E-state index in [1.165, 1.54) is 0 Å². The van der Waals surface area contributed by atoms with Gasteiger partial charge < -0.3 is 5.11 Å². The predicted octanol–water partition coefficient (Wildman–Crippen LogP) is 3.21. The Labute approximate surface area is 125 Å². The Morgan fingerprint density at radius 1 is 1.40 bits per heavy atom. The van der Waals surface area contributed by atoms with Gasteiger partial charge in [0, 0.05) is 5.92 Å². The Morgan fingerprint density at radius 2 is 2.15 bits per heavy atom. The second kappa shape index (κ2) is 5.07. The maximum absolute atomic E-state index is 11.2. The van der Waals surface area contributed by atoms with Gasteiger partial charge in [0.05, 0.1) is 22.3 Å². The molecule has 0 unspecified atom stereocenters. The molecule has 0 spiro atoms. The minimum atomic E-state index is -1.05. The maximum Gasteiger partial charge on any atom is 0.358 e. The number of rotatable bonds is 4. The number of carbonyl (C=O) groups is 1. The van der Waals surface area contributed by atoms with Crippen molar-refractivity contribution in [1.82, 2.24) is 15.0 Å². The van der Waals surface area contributed by atoms with Gasteiger partial charge in [-0.25, -0.2) is 9.48 Å². The molecule has 104 valence electrons. The van der Waals surface area contributed by atoms with Crippen LogP contribution < -0.4 is 0 Å². The smallest absolute Gasteiger partial charge is 0.358 e. The number of hydrogen-bond donors (Lipinski definition) is 1. The third-order valence-corrected chi connectivity index (χ3v) is 4.15. The molecule has 20 heavy (non-hydrogen) atoms. The summed E-state index contributed by atoms with van der Waals surface area (Å²) in [5, 5.41) is 17.8. The third-order valence-electron chi connectivity index (χ3n) is 3.29. The molecule has 0 atom stereocenters. The molecular formula is C13H11Cl2N3O2. The van der Waals surface area contributed by atoms with Crippen LogP contribution in [-0.4, -0.2) is 26.1 Å². The number of halogens is 2. The highest BCUT2D eigenvalue weighted by atomic mass is 35.5. The van der Waals surface area contributed by atoms with Crippen LogP contribution in [0.4, 0.5) is 0 Å². The van der Waals surface area contributed by atoms with Gasteiger partial charge in [-0.05, 0) is 24.5 Å². The molecule has 1 aromatic heterocycles. The van der Waals surface area contributed by atoms with Crippen molar-refractivity contribution in [1.29, 1.82) is 0 Å². The van der Waals surface area contributed by atoms with Crippen molar-refractivity contribution < 1.29 is 9.90 Å². The lowest BCUT2D eigenvalue weighted by molar-refractivity contribution is 0.0689. The van der Waals surface area contributed by atoms with E-state index in [1.807, 2.05) is 6.07 Å². The van der Waals surface area contributed by atoms with E-state index >= 15 is 0 Å². The zero-order valence-electron chi connectivity index (χ0n) is 10.4. The van der Waals surface area contributed by atoms with Gasteiger partial charge in [0.2, 0.25) is 0 Å². The SMILES string of the molecule is O=C(O)c1nnn(Cc2cccc(Cl)c2Cl)c1C1CC1. The van der Waals surface area contributed by atoms with Crippen LogP contribution in [0.3, 0.4) is 0 Å². The van der Waals surface area contributed by atoms with Crippen LogP contribution in [0.5, 0.6) is 0 Å². The van der Waals surface area contributed by atoms with E-state index in [0.29, 0.717) is 22.3 Å². The van der Waals surface area contributed by atoms with E-state index in [4.69, 9.17) is 28.3 Å². The monoisotopic (exact) mass is 311 g/mol. The van der Waals surface area contributed by atoms with Gasteiger partial charge in [0.15, 0.2) is 5.69 Å². The Bertz CT molecular complexity index is 680. The zero-order chi connectivity index (χ0) is 14.3. The molecule has 7 heteroatoms. The van der Waals surface area contributed by atoms with Crippen molar-refractivity contribution in [3.8, 4) is 0 Å². The molecule has 0 amide bonds. The van der Waals surface area contributed by atoms with Crippen LogP contribution in [0.1, 0.15) is 40.5 Å². The standard InChI is InChI=1S/C13H11Cl2N3O2/c14-9-3-1-2-8(10(9)15)6-18-12(7-4-5-7)11(13(19)20)16-17-18/h1-3,7H,4-6H2,(H,19,20). The lowest BCUT2D eigenvalue weighted by atomic mass is 10.2. The van der Waals surface area contributed by atoms with Crippen molar-refractivity contribution in [3.63, 3.8) is 0 Å². The maximum atomic E-state index is 11.2. The van der Waals surface area contributed by atoms with E-state index in [9.17, 15) is 4.79 Å². The molecule has 5 nitrogen and oxygen atoms in total. The fourth-order valence-electron chi connectivity index (χ4n) is 2.18. The number of aromatic nitrogens is 3. The summed E-state index contributed by atoms with van der Waals surface area (Å²) in [6, 6.07) is 5.35. The fourth-order valence-corrected chi connectivity index (χ4v) is 2.56. The molecule has 1 fully saturated rings.